The number of hydrogen-bond donors (Lipinski definition) is 1. The van der Waals surface area contributed by atoms with Crippen molar-refractivity contribution < 1.29 is 18.1 Å². The zero-order valence-corrected chi connectivity index (χ0v) is 13.8. The monoisotopic (exact) mass is 337 g/mol. The summed E-state index contributed by atoms with van der Waals surface area (Å²) in [5.74, 6) is 0. The maximum absolute atomic E-state index is 12.5. The number of ether oxygens (including phenoxy) is 1. The summed E-state index contributed by atoms with van der Waals surface area (Å²) in [6.07, 6.45) is 0. The van der Waals surface area contributed by atoms with E-state index in [4.69, 9.17) is 4.74 Å². The van der Waals surface area contributed by atoms with Gasteiger partial charge in [-0.25, -0.2) is 8.42 Å². The van der Waals surface area contributed by atoms with Gasteiger partial charge in [0.25, 0.3) is 10.0 Å². The highest BCUT2D eigenvalue weighted by molar-refractivity contribution is 7.91. The van der Waals surface area contributed by atoms with E-state index >= 15 is 0 Å². The van der Waals surface area contributed by atoms with Crippen LogP contribution in [0, 0.1) is 10.1 Å². The van der Waals surface area contributed by atoms with Crippen LogP contribution in [-0.4, -0.2) is 51.0 Å². The van der Waals surface area contributed by atoms with Crippen molar-refractivity contribution in [2.45, 2.75) is 18.1 Å². The van der Waals surface area contributed by atoms with Gasteiger partial charge in [0.2, 0.25) is 0 Å². The highest BCUT2D eigenvalue weighted by atomic mass is 32.2. The largest absolute Gasteiger partial charge is 0.380 e. The molecule has 0 unspecified atom stereocenters. The number of likely N-dealkylation sites (N-methyl/N-ethyl adjacent to an activating group) is 1. The number of rotatable bonds is 9. The highest BCUT2D eigenvalue weighted by Gasteiger charge is 2.29. The third kappa shape index (κ3) is 4.13. The molecule has 10 heteroatoms. The quantitative estimate of drug-likeness (QED) is 0.418. The lowest BCUT2D eigenvalue weighted by Gasteiger charge is -2.18. The van der Waals surface area contributed by atoms with Gasteiger partial charge in [-0.3, -0.25) is 10.1 Å². The van der Waals surface area contributed by atoms with E-state index in [2.05, 4.69) is 5.32 Å². The van der Waals surface area contributed by atoms with E-state index in [9.17, 15) is 18.5 Å². The van der Waals surface area contributed by atoms with E-state index in [1.165, 1.54) is 11.4 Å². The number of nitro groups is 1. The van der Waals surface area contributed by atoms with E-state index in [1.54, 1.807) is 6.92 Å². The normalized spacial score (nSPS) is 11.8. The number of sulfonamides is 1. The zero-order valence-electron chi connectivity index (χ0n) is 12.2. The van der Waals surface area contributed by atoms with Crippen LogP contribution in [0.15, 0.2) is 10.3 Å². The summed E-state index contributed by atoms with van der Waals surface area (Å²) >= 11 is 0.854. The predicted octanol–water partition coefficient (Wildman–Crippen LogP) is 1.75. The number of hydrogen-bond acceptors (Lipinski definition) is 7. The second-order valence-corrected chi connectivity index (χ2v) is 7.20. The third-order valence-electron chi connectivity index (χ3n) is 2.75. The fraction of sp³-hybridized carbons (Fsp3) is 0.636. The minimum Gasteiger partial charge on any atom is -0.380 e. The molecule has 0 atom stereocenters. The number of nitrogens with one attached hydrogen (secondary N) is 1. The molecule has 0 fully saturated rings. The summed E-state index contributed by atoms with van der Waals surface area (Å²) < 4.78 is 31.3. The molecule has 0 amide bonds. The summed E-state index contributed by atoms with van der Waals surface area (Å²) in [7, 11) is -2.23. The molecule has 0 aliphatic heterocycles. The van der Waals surface area contributed by atoms with E-state index < -0.39 is 14.9 Å². The lowest BCUT2D eigenvalue weighted by molar-refractivity contribution is -0.383. The topological polar surface area (TPSA) is 102 Å². The van der Waals surface area contributed by atoms with Crippen LogP contribution in [0.4, 0.5) is 10.7 Å². The number of thiophene rings is 1. The van der Waals surface area contributed by atoms with Crippen molar-refractivity contribution in [3.05, 3.63) is 16.2 Å². The van der Waals surface area contributed by atoms with Gasteiger partial charge in [0.15, 0.2) is 5.00 Å². The first-order valence-electron chi connectivity index (χ1n) is 6.42. The Kier molecular flexibility index (Phi) is 6.52. The Hall–Kier alpha value is -1.23. The average Bonchev–Trinajstić information content (AvgIpc) is 2.88. The summed E-state index contributed by atoms with van der Waals surface area (Å²) in [5.41, 5.74) is -0.234. The first-order valence-corrected chi connectivity index (χ1v) is 8.67. The lowest BCUT2D eigenvalue weighted by atomic mass is 10.5. The van der Waals surface area contributed by atoms with Gasteiger partial charge in [-0.05, 0) is 6.92 Å². The minimum absolute atomic E-state index is 0.0445. The highest BCUT2D eigenvalue weighted by Crippen LogP contribution is 2.37. The maximum atomic E-state index is 12.5. The smallest absolute Gasteiger partial charge is 0.304 e. The van der Waals surface area contributed by atoms with Crippen LogP contribution >= 0.6 is 11.3 Å². The van der Waals surface area contributed by atoms with Gasteiger partial charge in [-0.2, -0.15) is 4.31 Å². The molecule has 1 rings (SSSR count). The van der Waals surface area contributed by atoms with Crippen LogP contribution in [-0.2, 0) is 14.8 Å². The molecule has 0 saturated heterocycles. The molecule has 0 aromatic carbocycles. The average molecular weight is 337 g/mol. The zero-order chi connectivity index (χ0) is 16.0. The molecule has 0 radical (unpaired) electrons. The van der Waals surface area contributed by atoms with Crippen molar-refractivity contribution in [3.8, 4) is 0 Å². The van der Waals surface area contributed by atoms with Crippen molar-refractivity contribution in [3.63, 3.8) is 0 Å². The Morgan fingerprint density at radius 1 is 1.48 bits per heavy atom. The van der Waals surface area contributed by atoms with Crippen LogP contribution in [0.3, 0.4) is 0 Å². The van der Waals surface area contributed by atoms with E-state index in [1.807, 2.05) is 6.92 Å². The van der Waals surface area contributed by atoms with Crippen LogP contribution in [0.25, 0.3) is 0 Å². The molecule has 0 spiro atoms. The molecule has 0 bridgehead atoms. The van der Waals surface area contributed by atoms with E-state index in [0.29, 0.717) is 6.61 Å². The molecule has 1 aromatic rings. The molecule has 1 heterocycles. The molecule has 1 N–H and O–H groups in total. The Bertz CT molecular complexity index is 585. The van der Waals surface area contributed by atoms with E-state index in [-0.39, 0.29) is 34.6 Å². The molecule has 1 aromatic heterocycles. The molecule has 21 heavy (non-hydrogen) atoms. The molecule has 120 valence electrons. The Morgan fingerprint density at radius 3 is 2.57 bits per heavy atom. The van der Waals surface area contributed by atoms with Crippen molar-refractivity contribution in [1.29, 1.82) is 0 Å². The van der Waals surface area contributed by atoms with E-state index in [0.717, 1.165) is 17.4 Å². The van der Waals surface area contributed by atoms with Crippen LogP contribution in [0.2, 0.25) is 0 Å². The van der Waals surface area contributed by atoms with Gasteiger partial charge in [0, 0.05) is 32.8 Å². The second kappa shape index (κ2) is 7.69. The Balaban J connectivity index is 3.08. The summed E-state index contributed by atoms with van der Waals surface area (Å²) in [6.45, 7) is 4.82. The summed E-state index contributed by atoms with van der Waals surface area (Å²) in [4.78, 5) is 10.3. The lowest BCUT2D eigenvalue weighted by Crippen LogP contribution is -2.33. The SMILES string of the molecule is CCOCCN(CC)S(=O)(=O)c1cc([N+](=O)[O-])c(NC)s1. The van der Waals surface area contributed by atoms with Crippen molar-refractivity contribution in [2.24, 2.45) is 0 Å². The molecule has 8 nitrogen and oxygen atoms in total. The molecular formula is C11H19N3O5S2. The Morgan fingerprint density at radius 2 is 2.14 bits per heavy atom. The number of nitrogens with zero attached hydrogens (tertiary/aromatic N) is 2. The predicted molar refractivity (Wildman–Crippen MR) is 81.4 cm³/mol. The fourth-order valence-corrected chi connectivity index (χ4v) is 4.56. The van der Waals surface area contributed by atoms with Gasteiger partial charge in [-0.15, -0.1) is 0 Å². The fourth-order valence-electron chi connectivity index (χ4n) is 1.69. The van der Waals surface area contributed by atoms with Gasteiger partial charge >= 0.3 is 5.69 Å². The standard InChI is InChI=1S/C11H19N3O5S2/c1-4-13(6-7-19-5-2)21(17,18)10-8-9(14(15)16)11(12-3)20-10/h8,12H,4-7H2,1-3H3. The van der Waals surface area contributed by atoms with Crippen molar-refractivity contribution in [2.75, 3.05) is 38.7 Å². The van der Waals surface area contributed by atoms with Crippen molar-refractivity contribution >= 4 is 32.0 Å². The van der Waals surface area contributed by atoms with Gasteiger partial charge in [-0.1, -0.05) is 18.3 Å². The van der Waals surface area contributed by atoms with Gasteiger partial charge < -0.3 is 10.1 Å². The maximum Gasteiger partial charge on any atom is 0.304 e. The molecular weight excluding hydrogens is 318 g/mol. The molecule has 0 aliphatic carbocycles. The summed E-state index contributed by atoms with van der Waals surface area (Å²) in [6, 6.07) is 1.09. The number of anilines is 1. The summed E-state index contributed by atoms with van der Waals surface area (Å²) in [5, 5.41) is 13.8. The second-order valence-electron chi connectivity index (χ2n) is 3.98. The minimum atomic E-state index is -3.75. The molecule has 0 aliphatic rings. The van der Waals surface area contributed by atoms with Gasteiger partial charge in [0.1, 0.15) is 4.21 Å². The van der Waals surface area contributed by atoms with Gasteiger partial charge in [0.05, 0.1) is 11.5 Å². The van der Waals surface area contributed by atoms with Crippen molar-refractivity contribution in [1.82, 2.24) is 4.31 Å². The van der Waals surface area contributed by atoms with Crippen LogP contribution in [0.5, 0.6) is 0 Å². The first kappa shape index (κ1) is 17.8. The Labute approximate surface area is 127 Å². The van der Waals surface area contributed by atoms with Crippen LogP contribution < -0.4 is 5.32 Å². The van der Waals surface area contributed by atoms with Crippen LogP contribution in [0.1, 0.15) is 13.8 Å². The molecule has 0 saturated carbocycles. The first-order chi connectivity index (χ1) is 9.88. The third-order valence-corrected chi connectivity index (χ3v) is 6.31.